The van der Waals surface area contributed by atoms with Crippen LogP contribution in [-0.4, -0.2) is 37.9 Å². The number of rotatable bonds is 6. The van der Waals surface area contributed by atoms with Gasteiger partial charge in [-0.05, 0) is 11.8 Å². The van der Waals surface area contributed by atoms with E-state index in [0.29, 0.717) is 13.0 Å². The Hall–Kier alpha value is -0.610. The summed E-state index contributed by atoms with van der Waals surface area (Å²) in [5.74, 6) is -0.117. The second-order valence-corrected chi connectivity index (χ2v) is 3.85. The number of ether oxygens (including phenoxy) is 1. The van der Waals surface area contributed by atoms with Gasteiger partial charge in [0.2, 0.25) is 5.91 Å². The third-order valence-electron chi connectivity index (χ3n) is 1.83. The predicted molar refractivity (Wildman–Crippen MR) is 50.4 cm³/mol. The summed E-state index contributed by atoms with van der Waals surface area (Å²) < 4.78 is 4.67. The van der Waals surface area contributed by atoms with Gasteiger partial charge in [0, 0.05) is 20.3 Å². The van der Waals surface area contributed by atoms with E-state index in [2.05, 4.69) is 10.1 Å². The largest absolute Gasteiger partial charge is 0.396 e. The molecule has 0 aromatic rings. The molecular weight excluding hydrogens is 170 g/mol. The molecule has 0 saturated carbocycles. The summed E-state index contributed by atoms with van der Waals surface area (Å²) in [5, 5.41) is 11.5. The molecule has 0 aliphatic heterocycles. The van der Waals surface area contributed by atoms with Gasteiger partial charge >= 0.3 is 0 Å². The Balaban J connectivity index is 3.67. The number of methoxy groups -OCH3 is 1. The van der Waals surface area contributed by atoms with Crippen molar-refractivity contribution in [3.05, 3.63) is 0 Å². The van der Waals surface area contributed by atoms with Gasteiger partial charge in [0.25, 0.3) is 0 Å². The Morgan fingerprint density at radius 2 is 2.15 bits per heavy atom. The van der Waals surface area contributed by atoms with Crippen molar-refractivity contribution in [3.63, 3.8) is 0 Å². The van der Waals surface area contributed by atoms with Crippen molar-refractivity contribution in [2.24, 2.45) is 5.41 Å². The minimum atomic E-state index is -0.117. The van der Waals surface area contributed by atoms with Crippen LogP contribution in [0.1, 0.15) is 20.3 Å². The predicted octanol–water partition coefficient (Wildman–Crippen LogP) is 0.158. The van der Waals surface area contributed by atoms with Crippen molar-refractivity contribution in [3.8, 4) is 0 Å². The summed E-state index contributed by atoms with van der Waals surface area (Å²) in [7, 11) is 1.48. The third-order valence-corrected chi connectivity index (χ3v) is 1.83. The van der Waals surface area contributed by atoms with Crippen LogP contribution in [0.25, 0.3) is 0 Å². The first-order chi connectivity index (χ1) is 6.02. The average Bonchev–Trinajstić information content (AvgIpc) is 2.02. The van der Waals surface area contributed by atoms with E-state index in [4.69, 9.17) is 5.11 Å². The minimum Gasteiger partial charge on any atom is -0.396 e. The molecule has 0 saturated heterocycles. The summed E-state index contributed by atoms with van der Waals surface area (Å²) in [6, 6.07) is 0. The number of nitrogens with one attached hydrogen (secondary N) is 1. The molecule has 2 N–H and O–H groups in total. The van der Waals surface area contributed by atoms with Crippen LogP contribution in [0.4, 0.5) is 0 Å². The van der Waals surface area contributed by atoms with Gasteiger partial charge in [0.05, 0.1) is 0 Å². The van der Waals surface area contributed by atoms with Crippen molar-refractivity contribution < 1.29 is 14.6 Å². The van der Waals surface area contributed by atoms with Crippen LogP contribution in [0.3, 0.4) is 0 Å². The lowest BCUT2D eigenvalue weighted by atomic mass is 9.90. The van der Waals surface area contributed by atoms with Crippen LogP contribution in [0, 0.1) is 5.41 Å². The number of hydrogen-bond donors (Lipinski definition) is 2. The number of hydrogen-bond acceptors (Lipinski definition) is 3. The summed E-state index contributed by atoms with van der Waals surface area (Å²) in [6.45, 7) is 4.80. The highest BCUT2D eigenvalue weighted by atomic mass is 16.5. The number of amides is 1. The number of aliphatic hydroxyl groups excluding tert-OH is 1. The van der Waals surface area contributed by atoms with Gasteiger partial charge in [-0.3, -0.25) is 4.79 Å². The Morgan fingerprint density at radius 3 is 2.62 bits per heavy atom. The molecule has 78 valence electrons. The molecule has 0 fully saturated rings. The molecule has 0 aliphatic carbocycles. The first-order valence-corrected chi connectivity index (χ1v) is 4.38. The Labute approximate surface area is 79.3 Å². The average molecular weight is 189 g/mol. The molecule has 0 radical (unpaired) electrons. The Bertz CT molecular complexity index is 157. The highest BCUT2D eigenvalue weighted by Gasteiger charge is 2.17. The molecule has 0 atom stereocenters. The zero-order valence-electron chi connectivity index (χ0n) is 8.59. The minimum absolute atomic E-state index is 0.0574. The highest BCUT2D eigenvalue weighted by molar-refractivity contribution is 5.77. The number of carbonyl (C=O) groups excluding carboxylic acids is 1. The molecule has 0 aromatic heterocycles. The highest BCUT2D eigenvalue weighted by Crippen LogP contribution is 2.17. The zero-order valence-corrected chi connectivity index (χ0v) is 8.59. The summed E-state index contributed by atoms with van der Waals surface area (Å²) in [6.07, 6.45) is 0.681. The van der Waals surface area contributed by atoms with Gasteiger partial charge in [-0.25, -0.2) is 0 Å². The van der Waals surface area contributed by atoms with E-state index in [9.17, 15) is 4.79 Å². The van der Waals surface area contributed by atoms with Crippen LogP contribution >= 0.6 is 0 Å². The van der Waals surface area contributed by atoms with Gasteiger partial charge in [0.1, 0.15) is 6.61 Å². The SMILES string of the molecule is COCC(=O)NCC(C)(C)CCO. The van der Waals surface area contributed by atoms with E-state index in [0.717, 1.165) is 0 Å². The lowest BCUT2D eigenvalue weighted by Gasteiger charge is -2.23. The number of carbonyl (C=O) groups is 1. The fraction of sp³-hybridized carbons (Fsp3) is 0.889. The summed E-state index contributed by atoms with van der Waals surface area (Å²) in [5.41, 5.74) is -0.0574. The van der Waals surface area contributed by atoms with Crippen LogP contribution in [0.2, 0.25) is 0 Å². The Kier molecular flexibility index (Phi) is 5.66. The molecular formula is C9H19NO3. The fourth-order valence-electron chi connectivity index (χ4n) is 0.911. The molecule has 0 heterocycles. The molecule has 0 unspecified atom stereocenters. The molecule has 0 rings (SSSR count). The first-order valence-electron chi connectivity index (χ1n) is 4.38. The second kappa shape index (κ2) is 5.94. The molecule has 4 nitrogen and oxygen atoms in total. The van der Waals surface area contributed by atoms with Crippen LogP contribution in [0.5, 0.6) is 0 Å². The first kappa shape index (κ1) is 12.4. The lowest BCUT2D eigenvalue weighted by molar-refractivity contribution is -0.125. The van der Waals surface area contributed by atoms with Gasteiger partial charge in [-0.1, -0.05) is 13.8 Å². The topological polar surface area (TPSA) is 58.6 Å². The van der Waals surface area contributed by atoms with Crippen molar-refractivity contribution in [2.45, 2.75) is 20.3 Å². The quantitative estimate of drug-likeness (QED) is 0.625. The monoisotopic (exact) mass is 189 g/mol. The van der Waals surface area contributed by atoms with Gasteiger partial charge in [0.15, 0.2) is 0 Å². The second-order valence-electron chi connectivity index (χ2n) is 3.85. The van der Waals surface area contributed by atoms with Crippen LogP contribution in [0.15, 0.2) is 0 Å². The van der Waals surface area contributed by atoms with Crippen molar-refractivity contribution >= 4 is 5.91 Å². The van der Waals surface area contributed by atoms with Crippen LogP contribution < -0.4 is 5.32 Å². The van der Waals surface area contributed by atoms with Gasteiger partial charge < -0.3 is 15.2 Å². The molecule has 0 aliphatic rings. The van der Waals surface area contributed by atoms with E-state index in [-0.39, 0.29) is 24.5 Å². The molecule has 0 aromatic carbocycles. The summed E-state index contributed by atoms with van der Waals surface area (Å²) >= 11 is 0. The van der Waals surface area contributed by atoms with Crippen molar-refractivity contribution in [1.82, 2.24) is 5.32 Å². The maximum Gasteiger partial charge on any atom is 0.246 e. The van der Waals surface area contributed by atoms with Crippen LogP contribution in [-0.2, 0) is 9.53 Å². The third kappa shape index (κ3) is 6.54. The maximum atomic E-state index is 11.0. The van der Waals surface area contributed by atoms with E-state index in [1.54, 1.807) is 0 Å². The fourth-order valence-corrected chi connectivity index (χ4v) is 0.911. The molecule has 13 heavy (non-hydrogen) atoms. The zero-order chi connectivity index (χ0) is 10.3. The number of aliphatic hydroxyl groups is 1. The van der Waals surface area contributed by atoms with E-state index >= 15 is 0 Å². The lowest BCUT2D eigenvalue weighted by Crippen LogP contribution is -2.36. The van der Waals surface area contributed by atoms with Crippen molar-refractivity contribution in [1.29, 1.82) is 0 Å². The van der Waals surface area contributed by atoms with E-state index in [1.165, 1.54) is 7.11 Å². The molecule has 4 heteroatoms. The van der Waals surface area contributed by atoms with Gasteiger partial charge in [-0.15, -0.1) is 0 Å². The Morgan fingerprint density at radius 1 is 1.54 bits per heavy atom. The van der Waals surface area contributed by atoms with E-state index in [1.807, 2.05) is 13.8 Å². The van der Waals surface area contributed by atoms with Gasteiger partial charge in [-0.2, -0.15) is 0 Å². The smallest absolute Gasteiger partial charge is 0.246 e. The van der Waals surface area contributed by atoms with E-state index < -0.39 is 0 Å². The standard InChI is InChI=1S/C9H19NO3/c1-9(2,4-5-11)7-10-8(12)6-13-3/h11H,4-7H2,1-3H3,(H,10,12). The maximum absolute atomic E-state index is 11.0. The normalized spacial score (nSPS) is 11.4. The molecule has 0 bridgehead atoms. The summed E-state index contributed by atoms with van der Waals surface area (Å²) in [4.78, 5) is 11.0. The van der Waals surface area contributed by atoms with Crippen molar-refractivity contribution in [2.75, 3.05) is 26.9 Å². The molecule has 0 spiro atoms. The molecule has 1 amide bonds.